The number of ether oxygens (including phenoxy) is 3. The Bertz CT molecular complexity index is 503. The fraction of sp³-hybridized carbons (Fsp3) is 0.467. The lowest BCUT2D eigenvalue weighted by molar-refractivity contribution is -0.239. The molecule has 0 aliphatic carbocycles. The zero-order valence-electron chi connectivity index (χ0n) is 12.1. The van der Waals surface area contributed by atoms with Crippen LogP contribution >= 0.6 is 0 Å². The molecule has 0 atom stereocenters. The van der Waals surface area contributed by atoms with E-state index in [9.17, 15) is 9.59 Å². The van der Waals surface area contributed by atoms with E-state index >= 15 is 0 Å². The molecule has 0 aromatic heterocycles. The monoisotopic (exact) mass is 293 g/mol. The number of carbonyl (C=O) groups excluding carboxylic acids is 2. The molecule has 6 heteroatoms. The van der Waals surface area contributed by atoms with E-state index < -0.39 is 23.6 Å². The molecule has 0 spiro atoms. The van der Waals surface area contributed by atoms with Crippen molar-refractivity contribution in [1.29, 1.82) is 0 Å². The molecule has 114 valence electrons. The molecule has 21 heavy (non-hydrogen) atoms. The molecule has 6 nitrogen and oxygen atoms in total. The Morgan fingerprint density at radius 1 is 1.14 bits per heavy atom. The molecule has 0 bridgehead atoms. The Morgan fingerprint density at radius 3 is 2.24 bits per heavy atom. The van der Waals surface area contributed by atoms with Crippen LogP contribution in [0.3, 0.4) is 0 Å². The van der Waals surface area contributed by atoms with Gasteiger partial charge in [0.15, 0.2) is 5.92 Å². The van der Waals surface area contributed by atoms with Crippen LogP contribution in [0.4, 0.5) is 0 Å². The van der Waals surface area contributed by atoms with Gasteiger partial charge >= 0.3 is 11.9 Å². The van der Waals surface area contributed by atoms with Gasteiger partial charge in [-0.3, -0.25) is 9.59 Å². The summed E-state index contributed by atoms with van der Waals surface area (Å²) in [4.78, 5) is 23.7. The number of benzene rings is 1. The van der Waals surface area contributed by atoms with Crippen LogP contribution in [0.5, 0.6) is 5.75 Å². The molecule has 0 radical (unpaired) electrons. The minimum atomic E-state index is -1.19. The lowest BCUT2D eigenvalue weighted by Crippen LogP contribution is -2.46. The highest BCUT2D eigenvalue weighted by molar-refractivity contribution is 5.96. The first-order chi connectivity index (χ1) is 9.91. The number of cyclic esters (lactones) is 2. The van der Waals surface area contributed by atoms with Gasteiger partial charge in [0.05, 0.1) is 0 Å². The third kappa shape index (κ3) is 3.95. The fourth-order valence-electron chi connectivity index (χ4n) is 2.04. The number of hydrogen-bond acceptors (Lipinski definition) is 6. The van der Waals surface area contributed by atoms with Crippen molar-refractivity contribution in [3.63, 3.8) is 0 Å². The van der Waals surface area contributed by atoms with Crippen molar-refractivity contribution < 1.29 is 23.8 Å². The SMILES string of the molecule is CC1(C)OC(=O)C(Cc2ccc(OCCN)cc2)C(=O)O1. The van der Waals surface area contributed by atoms with Crippen molar-refractivity contribution in [2.45, 2.75) is 26.1 Å². The summed E-state index contributed by atoms with van der Waals surface area (Å²) in [5, 5.41) is 0. The summed E-state index contributed by atoms with van der Waals surface area (Å²) < 4.78 is 15.5. The highest BCUT2D eigenvalue weighted by Crippen LogP contribution is 2.26. The topological polar surface area (TPSA) is 87.9 Å². The van der Waals surface area contributed by atoms with Gasteiger partial charge in [-0.25, -0.2) is 0 Å². The number of hydrogen-bond donors (Lipinski definition) is 1. The largest absolute Gasteiger partial charge is 0.492 e. The normalized spacial score (nSPS) is 18.0. The Hall–Kier alpha value is -2.08. The van der Waals surface area contributed by atoms with Gasteiger partial charge in [-0.1, -0.05) is 12.1 Å². The van der Waals surface area contributed by atoms with E-state index in [1.807, 2.05) is 0 Å². The molecule has 1 aliphatic heterocycles. The Labute approximate surface area is 123 Å². The van der Waals surface area contributed by atoms with Crippen LogP contribution in [0.1, 0.15) is 19.4 Å². The Balaban J connectivity index is 2.01. The van der Waals surface area contributed by atoms with E-state index in [0.29, 0.717) is 18.9 Å². The van der Waals surface area contributed by atoms with E-state index in [2.05, 4.69) is 0 Å². The lowest BCUT2D eigenvalue weighted by atomic mass is 9.98. The second-order valence-corrected chi connectivity index (χ2v) is 5.28. The van der Waals surface area contributed by atoms with Crippen molar-refractivity contribution in [3.8, 4) is 5.75 Å². The van der Waals surface area contributed by atoms with Crippen molar-refractivity contribution >= 4 is 11.9 Å². The van der Waals surface area contributed by atoms with E-state index in [0.717, 1.165) is 5.56 Å². The molecule has 0 saturated carbocycles. The summed E-state index contributed by atoms with van der Waals surface area (Å²) in [6.45, 7) is 3.94. The number of rotatable bonds is 5. The standard InChI is InChI=1S/C15H19NO5/c1-15(2)20-13(17)12(14(18)21-15)9-10-3-5-11(6-4-10)19-8-7-16/h3-6,12H,7-9,16H2,1-2H3. The van der Waals surface area contributed by atoms with Gasteiger partial charge in [0.2, 0.25) is 0 Å². The molecule has 2 rings (SSSR count). The molecule has 1 aliphatic rings. The van der Waals surface area contributed by atoms with Crippen LogP contribution in [-0.4, -0.2) is 30.9 Å². The second kappa shape index (κ2) is 6.13. The molecular formula is C15H19NO5. The van der Waals surface area contributed by atoms with Crippen LogP contribution < -0.4 is 10.5 Å². The van der Waals surface area contributed by atoms with Crippen LogP contribution in [0.2, 0.25) is 0 Å². The minimum Gasteiger partial charge on any atom is -0.492 e. The number of esters is 2. The average molecular weight is 293 g/mol. The molecule has 1 aromatic rings. The number of carbonyl (C=O) groups is 2. The van der Waals surface area contributed by atoms with Gasteiger partial charge in [0.1, 0.15) is 12.4 Å². The van der Waals surface area contributed by atoms with Gasteiger partial charge in [-0.05, 0) is 24.1 Å². The van der Waals surface area contributed by atoms with Crippen molar-refractivity contribution in [2.75, 3.05) is 13.2 Å². The quantitative estimate of drug-likeness (QED) is 0.644. The van der Waals surface area contributed by atoms with Crippen molar-refractivity contribution in [1.82, 2.24) is 0 Å². The predicted molar refractivity (Wildman–Crippen MR) is 74.4 cm³/mol. The smallest absolute Gasteiger partial charge is 0.323 e. The van der Waals surface area contributed by atoms with Crippen LogP contribution in [0.25, 0.3) is 0 Å². The first-order valence-corrected chi connectivity index (χ1v) is 6.79. The molecule has 0 amide bonds. The maximum atomic E-state index is 11.9. The third-order valence-electron chi connectivity index (χ3n) is 3.01. The minimum absolute atomic E-state index is 0.241. The summed E-state index contributed by atoms with van der Waals surface area (Å²) in [6.07, 6.45) is 0.241. The molecule has 2 N–H and O–H groups in total. The summed E-state index contributed by atoms with van der Waals surface area (Å²) in [5.74, 6) is -2.53. The highest BCUT2D eigenvalue weighted by Gasteiger charge is 2.42. The number of nitrogens with two attached hydrogens (primary N) is 1. The zero-order valence-corrected chi connectivity index (χ0v) is 12.1. The highest BCUT2D eigenvalue weighted by atomic mass is 16.7. The fourth-order valence-corrected chi connectivity index (χ4v) is 2.04. The van der Waals surface area contributed by atoms with Gasteiger partial charge in [0.25, 0.3) is 5.79 Å². The third-order valence-corrected chi connectivity index (χ3v) is 3.01. The summed E-state index contributed by atoms with van der Waals surface area (Å²) in [6, 6.07) is 7.14. The van der Waals surface area contributed by atoms with Crippen molar-refractivity contribution in [3.05, 3.63) is 29.8 Å². The second-order valence-electron chi connectivity index (χ2n) is 5.28. The molecular weight excluding hydrogens is 274 g/mol. The van der Waals surface area contributed by atoms with Crippen molar-refractivity contribution in [2.24, 2.45) is 11.7 Å². The van der Waals surface area contributed by atoms with Gasteiger partial charge in [-0.15, -0.1) is 0 Å². The Kier molecular flexibility index (Phi) is 4.47. The molecule has 1 fully saturated rings. The van der Waals surface area contributed by atoms with E-state index in [1.165, 1.54) is 13.8 Å². The van der Waals surface area contributed by atoms with Crippen LogP contribution in [0.15, 0.2) is 24.3 Å². The van der Waals surface area contributed by atoms with Gasteiger partial charge < -0.3 is 19.9 Å². The molecule has 1 saturated heterocycles. The van der Waals surface area contributed by atoms with Crippen LogP contribution in [0, 0.1) is 5.92 Å². The molecule has 1 aromatic carbocycles. The average Bonchev–Trinajstić information content (AvgIpc) is 2.41. The summed E-state index contributed by atoms with van der Waals surface area (Å²) >= 11 is 0. The van der Waals surface area contributed by atoms with Gasteiger partial charge in [0, 0.05) is 20.4 Å². The van der Waals surface area contributed by atoms with E-state index in [-0.39, 0.29) is 6.42 Å². The maximum Gasteiger partial charge on any atom is 0.323 e. The van der Waals surface area contributed by atoms with Crippen LogP contribution in [-0.2, 0) is 25.5 Å². The molecule has 1 heterocycles. The lowest BCUT2D eigenvalue weighted by Gasteiger charge is -2.32. The first-order valence-electron chi connectivity index (χ1n) is 6.79. The molecule has 0 unspecified atom stereocenters. The van der Waals surface area contributed by atoms with Gasteiger partial charge in [-0.2, -0.15) is 0 Å². The van der Waals surface area contributed by atoms with E-state index in [4.69, 9.17) is 19.9 Å². The summed E-state index contributed by atoms with van der Waals surface area (Å²) in [7, 11) is 0. The zero-order chi connectivity index (χ0) is 15.5. The maximum absolute atomic E-state index is 11.9. The Morgan fingerprint density at radius 2 is 1.71 bits per heavy atom. The predicted octanol–water partition coefficient (Wildman–Crippen LogP) is 1.02. The summed E-state index contributed by atoms with van der Waals surface area (Å²) in [5.41, 5.74) is 6.18. The van der Waals surface area contributed by atoms with E-state index in [1.54, 1.807) is 24.3 Å². The first kappa shape index (κ1) is 15.3.